The number of nitrogen functional groups attached to an aromatic ring is 1. The van der Waals surface area contributed by atoms with Crippen LogP contribution in [0, 0.1) is 17.2 Å². The molecule has 0 radical (unpaired) electrons. The molecule has 0 unspecified atom stereocenters. The molecule has 0 bridgehead atoms. The number of anilines is 2. The lowest BCUT2D eigenvalue weighted by atomic mass is 10.1. The van der Waals surface area contributed by atoms with Gasteiger partial charge in [0.25, 0.3) is 0 Å². The molecule has 1 aromatic heterocycles. The zero-order valence-corrected chi connectivity index (χ0v) is 11.1. The number of nitriles is 1. The average Bonchev–Trinajstić information content (AvgIpc) is 3.15. The van der Waals surface area contributed by atoms with E-state index in [-0.39, 0.29) is 0 Å². The van der Waals surface area contributed by atoms with Crippen molar-refractivity contribution in [2.24, 2.45) is 5.92 Å². The molecule has 0 saturated heterocycles. The second-order valence-electron chi connectivity index (χ2n) is 5.36. The Balaban J connectivity index is 2.17. The highest BCUT2D eigenvalue weighted by atomic mass is 15.2. The fourth-order valence-corrected chi connectivity index (χ4v) is 2.02. The molecule has 0 aromatic carbocycles. The first-order valence-corrected chi connectivity index (χ1v) is 6.54. The van der Waals surface area contributed by atoms with Crippen molar-refractivity contribution in [3.8, 4) is 6.07 Å². The molecule has 4 heteroatoms. The topological polar surface area (TPSA) is 65.9 Å². The van der Waals surface area contributed by atoms with Crippen LogP contribution in [0.5, 0.6) is 0 Å². The molecule has 0 spiro atoms. The normalized spacial score (nSPS) is 14.6. The molecule has 0 atom stereocenters. The summed E-state index contributed by atoms with van der Waals surface area (Å²) in [5, 5.41) is 8.83. The van der Waals surface area contributed by atoms with Gasteiger partial charge in [0.2, 0.25) is 0 Å². The Hall–Kier alpha value is -1.76. The molecule has 2 rings (SSSR count). The molecular formula is C14H20N4. The number of nitrogens with two attached hydrogens (primary N) is 1. The molecular weight excluding hydrogens is 224 g/mol. The van der Waals surface area contributed by atoms with Crippen molar-refractivity contribution in [1.82, 2.24) is 4.98 Å². The molecule has 1 aromatic rings. The summed E-state index contributed by atoms with van der Waals surface area (Å²) in [5.74, 6) is 1.52. The standard InChI is InChI=1S/C14H20N4/c1-10(2)5-6-18(12-3-4-12)14-13(16)7-11(8-15)9-17-14/h7,9-10,12H,3-6,16H2,1-2H3. The second kappa shape index (κ2) is 5.26. The largest absolute Gasteiger partial charge is 0.396 e. The molecule has 1 heterocycles. The number of rotatable bonds is 5. The van der Waals surface area contributed by atoms with Crippen LogP contribution in [-0.2, 0) is 0 Å². The highest BCUT2D eigenvalue weighted by molar-refractivity contribution is 5.65. The number of hydrogen-bond donors (Lipinski definition) is 1. The van der Waals surface area contributed by atoms with Gasteiger partial charge < -0.3 is 10.6 Å². The Bertz CT molecular complexity index is 457. The lowest BCUT2D eigenvalue weighted by molar-refractivity contribution is 0.569. The first-order valence-electron chi connectivity index (χ1n) is 6.54. The maximum Gasteiger partial charge on any atom is 0.152 e. The minimum Gasteiger partial charge on any atom is -0.396 e. The predicted octanol–water partition coefficient (Wildman–Crippen LogP) is 2.55. The van der Waals surface area contributed by atoms with Crippen LogP contribution in [0.3, 0.4) is 0 Å². The minimum atomic E-state index is 0.524. The number of hydrogen-bond acceptors (Lipinski definition) is 4. The fraction of sp³-hybridized carbons (Fsp3) is 0.571. The molecule has 18 heavy (non-hydrogen) atoms. The minimum absolute atomic E-state index is 0.524. The maximum atomic E-state index is 8.83. The van der Waals surface area contributed by atoms with E-state index in [1.54, 1.807) is 12.3 Å². The van der Waals surface area contributed by atoms with Crippen molar-refractivity contribution in [2.75, 3.05) is 17.2 Å². The summed E-state index contributed by atoms with van der Waals surface area (Å²) in [4.78, 5) is 6.67. The van der Waals surface area contributed by atoms with Gasteiger partial charge in [-0.3, -0.25) is 0 Å². The van der Waals surface area contributed by atoms with E-state index in [2.05, 4.69) is 29.8 Å². The zero-order chi connectivity index (χ0) is 13.1. The van der Waals surface area contributed by atoms with Gasteiger partial charge in [0.15, 0.2) is 5.82 Å². The van der Waals surface area contributed by atoms with Crippen molar-refractivity contribution in [2.45, 2.75) is 39.2 Å². The van der Waals surface area contributed by atoms with Crippen LogP contribution in [-0.4, -0.2) is 17.6 Å². The van der Waals surface area contributed by atoms with Gasteiger partial charge >= 0.3 is 0 Å². The predicted molar refractivity (Wildman–Crippen MR) is 73.2 cm³/mol. The molecule has 96 valence electrons. The quantitative estimate of drug-likeness (QED) is 0.864. The van der Waals surface area contributed by atoms with E-state index in [1.165, 1.54) is 12.8 Å². The summed E-state index contributed by atoms with van der Waals surface area (Å²) in [6.45, 7) is 5.44. The SMILES string of the molecule is CC(C)CCN(c1ncc(C#N)cc1N)C1CC1. The van der Waals surface area contributed by atoms with E-state index in [0.29, 0.717) is 23.2 Å². The Labute approximate surface area is 108 Å². The molecule has 1 aliphatic carbocycles. The fourth-order valence-electron chi connectivity index (χ4n) is 2.02. The van der Waals surface area contributed by atoms with E-state index in [4.69, 9.17) is 11.0 Å². The molecule has 0 aliphatic heterocycles. The van der Waals surface area contributed by atoms with Crippen LogP contribution >= 0.6 is 0 Å². The van der Waals surface area contributed by atoms with Gasteiger partial charge in [0.05, 0.1) is 11.3 Å². The lowest BCUT2D eigenvalue weighted by Crippen LogP contribution is -2.29. The van der Waals surface area contributed by atoms with Crippen molar-refractivity contribution < 1.29 is 0 Å². The van der Waals surface area contributed by atoms with Gasteiger partial charge in [0.1, 0.15) is 6.07 Å². The van der Waals surface area contributed by atoms with Gasteiger partial charge in [-0.15, -0.1) is 0 Å². The highest BCUT2D eigenvalue weighted by Crippen LogP contribution is 2.34. The molecule has 2 N–H and O–H groups in total. The lowest BCUT2D eigenvalue weighted by Gasteiger charge is -2.25. The third-order valence-electron chi connectivity index (χ3n) is 3.23. The number of aromatic nitrogens is 1. The Morgan fingerprint density at radius 2 is 2.28 bits per heavy atom. The van der Waals surface area contributed by atoms with Gasteiger partial charge in [-0.2, -0.15) is 5.26 Å². The Morgan fingerprint density at radius 3 is 2.78 bits per heavy atom. The van der Waals surface area contributed by atoms with E-state index >= 15 is 0 Å². The van der Waals surface area contributed by atoms with Crippen LogP contribution in [0.1, 0.15) is 38.7 Å². The van der Waals surface area contributed by atoms with Crippen LogP contribution in [0.4, 0.5) is 11.5 Å². The first kappa shape index (κ1) is 12.7. The van der Waals surface area contributed by atoms with E-state index in [0.717, 1.165) is 18.8 Å². The molecule has 1 aliphatic rings. The smallest absolute Gasteiger partial charge is 0.152 e. The van der Waals surface area contributed by atoms with Crippen LogP contribution in [0.25, 0.3) is 0 Å². The average molecular weight is 244 g/mol. The number of pyridine rings is 1. The summed E-state index contributed by atoms with van der Waals surface area (Å²) < 4.78 is 0. The molecule has 4 nitrogen and oxygen atoms in total. The van der Waals surface area contributed by atoms with Crippen LogP contribution in [0.2, 0.25) is 0 Å². The zero-order valence-electron chi connectivity index (χ0n) is 11.1. The van der Waals surface area contributed by atoms with Crippen molar-refractivity contribution >= 4 is 11.5 Å². The second-order valence-corrected chi connectivity index (χ2v) is 5.36. The van der Waals surface area contributed by atoms with E-state index in [1.807, 2.05) is 0 Å². The third kappa shape index (κ3) is 2.92. The summed E-state index contributed by atoms with van der Waals surface area (Å²) in [6.07, 6.45) is 5.19. The molecule has 1 fully saturated rings. The van der Waals surface area contributed by atoms with Crippen LogP contribution in [0.15, 0.2) is 12.3 Å². The van der Waals surface area contributed by atoms with Crippen molar-refractivity contribution in [1.29, 1.82) is 5.26 Å². The third-order valence-corrected chi connectivity index (χ3v) is 3.23. The Kier molecular flexibility index (Phi) is 3.71. The highest BCUT2D eigenvalue weighted by Gasteiger charge is 2.30. The monoisotopic (exact) mass is 244 g/mol. The summed E-state index contributed by atoms with van der Waals surface area (Å²) >= 11 is 0. The molecule has 0 amide bonds. The summed E-state index contributed by atoms with van der Waals surface area (Å²) in [5.41, 5.74) is 7.15. The van der Waals surface area contributed by atoms with Gasteiger partial charge in [-0.1, -0.05) is 13.8 Å². The van der Waals surface area contributed by atoms with Crippen molar-refractivity contribution in [3.63, 3.8) is 0 Å². The van der Waals surface area contributed by atoms with Gasteiger partial charge in [-0.25, -0.2) is 4.98 Å². The van der Waals surface area contributed by atoms with E-state index < -0.39 is 0 Å². The number of nitrogens with zero attached hydrogens (tertiary/aromatic N) is 3. The van der Waals surface area contributed by atoms with Gasteiger partial charge in [0, 0.05) is 18.8 Å². The molecule has 1 saturated carbocycles. The van der Waals surface area contributed by atoms with Crippen molar-refractivity contribution in [3.05, 3.63) is 17.8 Å². The summed E-state index contributed by atoms with van der Waals surface area (Å²) in [7, 11) is 0. The van der Waals surface area contributed by atoms with Gasteiger partial charge in [-0.05, 0) is 31.2 Å². The van der Waals surface area contributed by atoms with E-state index in [9.17, 15) is 0 Å². The first-order chi connectivity index (χ1) is 8.61. The Morgan fingerprint density at radius 1 is 1.56 bits per heavy atom. The van der Waals surface area contributed by atoms with Crippen LogP contribution < -0.4 is 10.6 Å². The summed E-state index contributed by atoms with van der Waals surface area (Å²) in [6, 6.07) is 4.37. The maximum absolute atomic E-state index is 8.83.